The summed E-state index contributed by atoms with van der Waals surface area (Å²) in [5.41, 5.74) is 3.23. The Balaban J connectivity index is 1.65. The Labute approximate surface area is 222 Å². The smallest absolute Gasteiger partial charge is 0.265 e. The number of nitrogens with zero attached hydrogens (tertiary/aromatic N) is 1. The summed E-state index contributed by atoms with van der Waals surface area (Å²) in [7, 11) is -1.16. The number of fused-ring (bicyclic) bond motifs is 1. The topological polar surface area (TPSA) is 114 Å². The van der Waals surface area contributed by atoms with Crippen LogP contribution in [0.3, 0.4) is 0 Å². The highest BCUT2D eigenvalue weighted by atomic mass is 32.2. The molecule has 0 aliphatic carbocycles. The standard InChI is InChI=1S/C28H31N3O6S/c1-17-14-18(2)26(19(3)15-17)38(34,35)31-23-9-7-6-8-22(23)30-28(33)24(31)12-13-29-27(32)21-11-10-20(36-4)16-25(21)37-5/h6-11,14-16,24H,12-13H2,1-5H3,(H,29,32)(H,30,33)/t24-/m1/s1. The molecule has 0 saturated carbocycles. The van der Waals surface area contributed by atoms with Gasteiger partial charge in [-0.25, -0.2) is 8.42 Å². The molecule has 0 aromatic heterocycles. The van der Waals surface area contributed by atoms with Gasteiger partial charge >= 0.3 is 0 Å². The lowest BCUT2D eigenvalue weighted by molar-refractivity contribution is -0.117. The maximum atomic E-state index is 14.2. The van der Waals surface area contributed by atoms with Gasteiger partial charge in [0, 0.05) is 12.6 Å². The Hall–Kier alpha value is -4.05. The number of para-hydroxylation sites is 2. The molecule has 3 aromatic rings. The molecular weight excluding hydrogens is 506 g/mol. The molecule has 200 valence electrons. The number of ether oxygens (including phenoxy) is 2. The fourth-order valence-electron chi connectivity index (χ4n) is 4.88. The second-order valence-electron chi connectivity index (χ2n) is 9.16. The largest absolute Gasteiger partial charge is 0.497 e. The molecule has 10 heteroatoms. The quantitative estimate of drug-likeness (QED) is 0.450. The van der Waals surface area contributed by atoms with Gasteiger partial charge in [-0.2, -0.15) is 0 Å². The van der Waals surface area contributed by atoms with E-state index in [1.807, 2.05) is 19.1 Å². The lowest BCUT2D eigenvalue weighted by atomic mass is 10.1. The predicted octanol–water partition coefficient (Wildman–Crippen LogP) is 3.97. The minimum atomic E-state index is -4.13. The summed E-state index contributed by atoms with van der Waals surface area (Å²) in [5, 5.41) is 5.59. The zero-order valence-corrected chi connectivity index (χ0v) is 22.8. The fraction of sp³-hybridized carbons (Fsp3) is 0.286. The Kier molecular flexibility index (Phi) is 7.63. The summed E-state index contributed by atoms with van der Waals surface area (Å²) in [6.07, 6.45) is 0.0492. The van der Waals surface area contributed by atoms with Crippen molar-refractivity contribution in [1.82, 2.24) is 5.32 Å². The number of anilines is 2. The molecule has 3 aromatic carbocycles. The predicted molar refractivity (Wildman–Crippen MR) is 146 cm³/mol. The molecule has 1 atom stereocenters. The molecular formula is C28H31N3O6S. The minimum Gasteiger partial charge on any atom is -0.497 e. The lowest BCUT2D eigenvalue weighted by Crippen LogP contribution is -2.52. The first-order valence-electron chi connectivity index (χ1n) is 12.1. The summed E-state index contributed by atoms with van der Waals surface area (Å²) < 4.78 is 40.0. The van der Waals surface area contributed by atoms with Crippen LogP contribution in [0.15, 0.2) is 59.5 Å². The number of amides is 2. The maximum Gasteiger partial charge on any atom is 0.265 e. The molecule has 1 aliphatic heterocycles. The van der Waals surface area contributed by atoms with Crippen LogP contribution in [-0.4, -0.2) is 47.0 Å². The monoisotopic (exact) mass is 537 g/mol. The van der Waals surface area contributed by atoms with Crippen molar-refractivity contribution < 1.29 is 27.5 Å². The molecule has 4 rings (SSSR count). The van der Waals surface area contributed by atoms with Crippen LogP contribution in [0.5, 0.6) is 11.5 Å². The molecule has 9 nitrogen and oxygen atoms in total. The highest BCUT2D eigenvalue weighted by molar-refractivity contribution is 7.93. The lowest BCUT2D eigenvalue weighted by Gasteiger charge is -2.37. The van der Waals surface area contributed by atoms with Crippen LogP contribution in [0.25, 0.3) is 0 Å². The number of nitrogens with one attached hydrogen (secondary N) is 2. The Morgan fingerprint density at radius 1 is 1.00 bits per heavy atom. The van der Waals surface area contributed by atoms with Gasteiger partial charge in [-0.3, -0.25) is 13.9 Å². The number of rotatable bonds is 8. The Morgan fingerprint density at radius 3 is 2.34 bits per heavy atom. The van der Waals surface area contributed by atoms with Crippen molar-refractivity contribution in [1.29, 1.82) is 0 Å². The Morgan fingerprint density at radius 2 is 1.68 bits per heavy atom. The van der Waals surface area contributed by atoms with Gasteiger partial charge < -0.3 is 20.1 Å². The second kappa shape index (κ2) is 10.7. The van der Waals surface area contributed by atoms with Gasteiger partial charge in [-0.05, 0) is 62.6 Å². The molecule has 2 amide bonds. The van der Waals surface area contributed by atoms with Crippen LogP contribution in [0.4, 0.5) is 11.4 Å². The molecule has 0 bridgehead atoms. The summed E-state index contributed by atoms with van der Waals surface area (Å²) in [6.45, 7) is 5.45. The van der Waals surface area contributed by atoms with Gasteiger partial charge in [-0.1, -0.05) is 29.8 Å². The molecule has 0 fully saturated rings. The van der Waals surface area contributed by atoms with Crippen LogP contribution < -0.4 is 24.4 Å². The molecule has 1 aliphatic rings. The molecule has 2 N–H and O–H groups in total. The van der Waals surface area contributed by atoms with E-state index in [2.05, 4.69) is 10.6 Å². The third-order valence-electron chi connectivity index (χ3n) is 6.46. The van der Waals surface area contributed by atoms with E-state index < -0.39 is 27.9 Å². The van der Waals surface area contributed by atoms with E-state index in [1.54, 1.807) is 56.3 Å². The molecule has 38 heavy (non-hydrogen) atoms. The van der Waals surface area contributed by atoms with Gasteiger partial charge in [0.1, 0.15) is 17.5 Å². The average Bonchev–Trinajstić information content (AvgIpc) is 2.87. The van der Waals surface area contributed by atoms with E-state index in [-0.39, 0.29) is 17.9 Å². The zero-order chi connectivity index (χ0) is 27.6. The van der Waals surface area contributed by atoms with Crippen molar-refractivity contribution in [3.8, 4) is 11.5 Å². The molecule has 0 radical (unpaired) electrons. The first kappa shape index (κ1) is 27.0. The normalized spacial score (nSPS) is 14.9. The summed E-state index contributed by atoms with van der Waals surface area (Å²) in [6, 6.07) is 14.2. The SMILES string of the molecule is COc1ccc(C(=O)NCC[C@@H]2C(=O)Nc3ccccc3N2S(=O)(=O)c2c(C)cc(C)cc2C)c(OC)c1. The summed E-state index contributed by atoms with van der Waals surface area (Å²) >= 11 is 0. The zero-order valence-electron chi connectivity index (χ0n) is 22.0. The van der Waals surface area contributed by atoms with Crippen LogP contribution in [0.2, 0.25) is 0 Å². The van der Waals surface area contributed by atoms with Crippen molar-refractivity contribution in [2.24, 2.45) is 0 Å². The van der Waals surface area contributed by atoms with E-state index >= 15 is 0 Å². The van der Waals surface area contributed by atoms with Gasteiger partial charge in [-0.15, -0.1) is 0 Å². The van der Waals surface area contributed by atoms with Crippen LogP contribution in [0, 0.1) is 20.8 Å². The van der Waals surface area contributed by atoms with Gasteiger partial charge in [0.15, 0.2) is 0 Å². The highest BCUT2D eigenvalue weighted by Crippen LogP contribution is 2.38. The van der Waals surface area contributed by atoms with Gasteiger partial charge in [0.2, 0.25) is 5.91 Å². The third-order valence-corrected chi connectivity index (χ3v) is 8.59. The van der Waals surface area contributed by atoms with Crippen LogP contribution in [0.1, 0.15) is 33.5 Å². The number of methoxy groups -OCH3 is 2. The van der Waals surface area contributed by atoms with E-state index in [0.29, 0.717) is 39.6 Å². The first-order chi connectivity index (χ1) is 18.1. The Bertz CT molecular complexity index is 1480. The van der Waals surface area contributed by atoms with Crippen molar-refractivity contribution in [3.05, 3.63) is 76.9 Å². The number of hydrogen-bond donors (Lipinski definition) is 2. The number of aryl methyl sites for hydroxylation is 3. The van der Waals surface area contributed by atoms with Crippen molar-refractivity contribution in [2.75, 3.05) is 30.4 Å². The van der Waals surface area contributed by atoms with Crippen molar-refractivity contribution in [3.63, 3.8) is 0 Å². The second-order valence-corrected chi connectivity index (χ2v) is 10.9. The van der Waals surface area contributed by atoms with Gasteiger partial charge in [0.25, 0.3) is 15.9 Å². The van der Waals surface area contributed by atoms with Crippen LogP contribution >= 0.6 is 0 Å². The van der Waals surface area contributed by atoms with E-state index in [9.17, 15) is 18.0 Å². The first-order valence-corrected chi connectivity index (χ1v) is 13.5. The van der Waals surface area contributed by atoms with Crippen LogP contribution in [-0.2, 0) is 14.8 Å². The molecule has 0 unspecified atom stereocenters. The van der Waals surface area contributed by atoms with E-state index in [4.69, 9.17) is 9.47 Å². The van der Waals surface area contributed by atoms with Crippen molar-refractivity contribution in [2.45, 2.75) is 38.1 Å². The molecule has 0 spiro atoms. The van der Waals surface area contributed by atoms with Crippen molar-refractivity contribution >= 4 is 33.2 Å². The summed E-state index contributed by atoms with van der Waals surface area (Å²) in [5.74, 6) is -0.00841. The van der Waals surface area contributed by atoms with E-state index in [1.165, 1.54) is 18.5 Å². The number of benzene rings is 3. The maximum absolute atomic E-state index is 14.2. The number of hydrogen-bond acceptors (Lipinski definition) is 6. The number of carbonyl (C=O) groups excluding carboxylic acids is 2. The van der Waals surface area contributed by atoms with Gasteiger partial charge in [0.05, 0.1) is 36.1 Å². The molecule has 1 heterocycles. The van der Waals surface area contributed by atoms with E-state index in [0.717, 1.165) is 5.56 Å². The number of sulfonamides is 1. The highest BCUT2D eigenvalue weighted by Gasteiger charge is 2.41. The molecule has 0 saturated heterocycles. The average molecular weight is 538 g/mol. The fourth-order valence-corrected chi connectivity index (χ4v) is 6.97. The summed E-state index contributed by atoms with van der Waals surface area (Å²) in [4.78, 5) is 26.3. The number of carbonyl (C=O) groups is 2. The minimum absolute atomic E-state index is 0.0478. The third kappa shape index (κ3) is 5.04.